The highest BCUT2D eigenvalue weighted by Crippen LogP contribution is 2.40. The van der Waals surface area contributed by atoms with Crippen molar-refractivity contribution in [1.82, 2.24) is 10.0 Å². The van der Waals surface area contributed by atoms with Crippen LogP contribution in [0.15, 0.2) is 146 Å². The summed E-state index contributed by atoms with van der Waals surface area (Å²) in [5.74, 6) is -1.25. The van der Waals surface area contributed by atoms with E-state index in [9.17, 15) is 9.59 Å². The van der Waals surface area contributed by atoms with Gasteiger partial charge in [-0.3, -0.25) is 9.63 Å². The van der Waals surface area contributed by atoms with Crippen LogP contribution in [0.25, 0.3) is 0 Å². The van der Waals surface area contributed by atoms with Crippen LogP contribution in [-0.2, 0) is 28.3 Å². The van der Waals surface area contributed by atoms with Gasteiger partial charge in [0.2, 0.25) is 0 Å². The van der Waals surface area contributed by atoms with Gasteiger partial charge in [-0.2, -0.15) is 0 Å². The summed E-state index contributed by atoms with van der Waals surface area (Å²) in [6, 6.07) is 43.6. The Morgan fingerprint density at radius 3 is 1.80 bits per heavy atom. The molecule has 1 amide bonds. The molecule has 0 aliphatic carbocycles. The van der Waals surface area contributed by atoms with Gasteiger partial charge in [-0.25, -0.2) is 10.3 Å². The number of carbonyl (C=O) groups excluding carboxylic acids is 2. The predicted molar refractivity (Wildman–Crippen MR) is 194 cm³/mol. The van der Waals surface area contributed by atoms with Crippen LogP contribution in [0.1, 0.15) is 55.6 Å². The Labute approximate surface area is 300 Å². The van der Waals surface area contributed by atoms with Gasteiger partial charge in [0.15, 0.2) is 17.0 Å². The molecular formula is C41H34Cl2N2O5. The van der Waals surface area contributed by atoms with Gasteiger partial charge in [-0.1, -0.05) is 151 Å². The van der Waals surface area contributed by atoms with E-state index in [2.05, 4.69) is 5.48 Å². The summed E-state index contributed by atoms with van der Waals surface area (Å²) in [6.45, 7) is 2.05. The molecule has 0 aliphatic rings. The molecule has 252 valence electrons. The molecular weight excluding hydrogens is 671 g/mol. The van der Waals surface area contributed by atoms with Gasteiger partial charge in [0.25, 0.3) is 5.91 Å². The topological polar surface area (TPSA) is 78.8 Å². The molecule has 7 nitrogen and oxygen atoms in total. The number of aromatic nitrogens is 1. The normalized spacial score (nSPS) is 11.2. The van der Waals surface area contributed by atoms with Crippen molar-refractivity contribution in [3.63, 3.8) is 0 Å². The summed E-state index contributed by atoms with van der Waals surface area (Å²) in [6.07, 6.45) is 1.58. The number of hydrogen-bond donors (Lipinski definition) is 1. The molecule has 1 aromatic heterocycles. The van der Waals surface area contributed by atoms with Crippen LogP contribution in [0.4, 0.5) is 0 Å². The van der Waals surface area contributed by atoms with E-state index in [1.807, 2.05) is 121 Å². The van der Waals surface area contributed by atoms with Gasteiger partial charge >= 0.3 is 5.97 Å². The van der Waals surface area contributed by atoms with E-state index in [0.29, 0.717) is 15.6 Å². The van der Waals surface area contributed by atoms with E-state index in [4.69, 9.17) is 37.5 Å². The maximum Gasteiger partial charge on any atom is 0.358 e. The summed E-state index contributed by atoms with van der Waals surface area (Å²) >= 11 is 12.6. The molecule has 9 heteroatoms. The molecule has 0 aliphatic heterocycles. The molecule has 0 bridgehead atoms. The third-order valence-corrected chi connectivity index (χ3v) is 8.75. The molecule has 1 heterocycles. The Hall–Kier alpha value is -5.34. The number of halogens is 2. The number of esters is 1. The first-order valence-electron chi connectivity index (χ1n) is 16.1. The molecule has 0 radical (unpaired) electrons. The monoisotopic (exact) mass is 704 g/mol. The van der Waals surface area contributed by atoms with Crippen molar-refractivity contribution < 1.29 is 23.9 Å². The number of hydrogen-bond acceptors (Lipinski definition) is 5. The van der Waals surface area contributed by atoms with Crippen LogP contribution in [0.2, 0.25) is 10.0 Å². The molecule has 6 rings (SSSR count). The minimum atomic E-state index is -1.24. The van der Waals surface area contributed by atoms with Crippen molar-refractivity contribution >= 4 is 35.1 Å². The van der Waals surface area contributed by atoms with Crippen LogP contribution in [0, 0.1) is 0 Å². The smallest absolute Gasteiger partial charge is 0.358 e. The SMILES string of the molecule is CCOC(=O)c1c(OCc2ccc(Cl)cc2Cl)c(C(=O)NOC(c2ccccc2)(c2ccccc2)c2ccccc2)cn1Cc1ccccc1. The second-order valence-electron chi connectivity index (χ2n) is 11.4. The largest absolute Gasteiger partial charge is 0.485 e. The number of hydroxylamine groups is 1. The zero-order chi connectivity index (χ0) is 34.9. The van der Waals surface area contributed by atoms with E-state index in [1.165, 1.54) is 0 Å². The molecule has 6 aromatic rings. The number of carbonyl (C=O) groups is 2. The van der Waals surface area contributed by atoms with Gasteiger partial charge in [-0.05, 0) is 41.3 Å². The average Bonchev–Trinajstić information content (AvgIpc) is 3.51. The molecule has 0 unspecified atom stereocenters. The zero-order valence-electron chi connectivity index (χ0n) is 27.2. The lowest BCUT2D eigenvalue weighted by Crippen LogP contribution is -2.40. The minimum Gasteiger partial charge on any atom is -0.485 e. The highest BCUT2D eigenvalue weighted by Gasteiger charge is 2.40. The predicted octanol–water partition coefficient (Wildman–Crippen LogP) is 9.25. The van der Waals surface area contributed by atoms with E-state index in [-0.39, 0.29) is 36.8 Å². The summed E-state index contributed by atoms with van der Waals surface area (Å²) in [5.41, 5.74) is 5.53. The Morgan fingerprint density at radius 1 is 0.740 bits per heavy atom. The summed E-state index contributed by atoms with van der Waals surface area (Å²) in [4.78, 5) is 34.6. The molecule has 0 saturated heterocycles. The van der Waals surface area contributed by atoms with Gasteiger partial charge in [0, 0.05) is 28.4 Å². The molecule has 0 spiro atoms. The van der Waals surface area contributed by atoms with Crippen molar-refractivity contribution in [3.8, 4) is 5.75 Å². The number of nitrogens with zero attached hydrogens (tertiary/aromatic N) is 1. The van der Waals surface area contributed by atoms with Crippen LogP contribution in [0.3, 0.4) is 0 Å². The van der Waals surface area contributed by atoms with Gasteiger partial charge < -0.3 is 14.0 Å². The minimum absolute atomic E-state index is 0.0243. The number of ether oxygens (including phenoxy) is 2. The summed E-state index contributed by atoms with van der Waals surface area (Å²) < 4.78 is 13.4. The second-order valence-corrected chi connectivity index (χ2v) is 12.2. The van der Waals surface area contributed by atoms with Crippen molar-refractivity contribution in [2.24, 2.45) is 0 Å². The van der Waals surface area contributed by atoms with E-state index in [1.54, 1.807) is 35.9 Å². The maximum absolute atomic E-state index is 14.4. The van der Waals surface area contributed by atoms with Crippen molar-refractivity contribution in [1.29, 1.82) is 0 Å². The van der Waals surface area contributed by atoms with E-state index in [0.717, 1.165) is 22.3 Å². The quantitative estimate of drug-likeness (QED) is 0.0737. The number of nitrogens with one attached hydrogen (secondary N) is 1. The fourth-order valence-electron chi connectivity index (χ4n) is 5.82. The molecule has 50 heavy (non-hydrogen) atoms. The molecule has 0 saturated carbocycles. The molecule has 1 N–H and O–H groups in total. The highest BCUT2D eigenvalue weighted by atomic mass is 35.5. The number of rotatable bonds is 13. The third-order valence-electron chi connectivity index (χ3n) is 8.17. The fraction of sp³-hybridized carbons (Fsp3) is 0.122. The summed E-state index contributed by atoms with van der Waals surface area (Å²) in [7, 11) is 0. The first kappa shape index (κ1) is 34.5. The Bertz CT molecular complexity index is 1960. The maximum atomic E-state index is 14.4. The summed E-state index contributed by atoms with van der Waals surface area (Å²) in [5, 5.41) is 0.850. The Morgan fingerprint density at radius 2 is 1.28 bits per heavy atom. The van der Waals surface area contributed by atoms with Crippen molar-refractivity contribution in [2.45, 2.75) is 25.7 Å². The molecule has 5 aromatic carbocycles. The van der Waals surface area contributed by atoms with Crippen LogP contribution < -0.4 is 10.2 Å². The van der Waals surface area contributed by atoms with Crippen LogP contribution in [-0.4, -0.2) is 23.1 Å². The number of amides is 1. The lowest BCUT2D eigenvalue weighted by Gasteiger charge is -2.35. The van der Waals surface area contributed by atoms with Crippen LogP contribution in [0.5, 0.6) is 5.75 Å². The van der Waals surface area contributed by atoms with E-state index < -0.39 is 17.5 Å². The standard InChI is InChI=1S/C41H34Cl2N2O5/c1-2-48-40(47)37-38(49-28-30-23-24-34(42)25-36(30)43)35(27-45(37)26-29-15-7-3-8-16-29)39(46)44-50-41(31-17-9-4-10-18-31,32-19-11-5-12-20-32)33-21-13-6-14-22-33/h3-25,27H,2,26,28H2,1H3,(H,44,46). The van der Waals surface area contributed by atoms with Crippen LogP contribution >= 0.6 is 23.2 Å². The van der Waals surface area contributed by atoms with Crippen molar-refractivity contribution in [3.05, 3.63) is 195 Å². The molecule has 0 atom stereocenters. The molecule has 0 fully saturated rings. The van der Waals surface area contributed by atoms with Crippen molar-refractivity contribution in [2.75, 3.05) is 6.61 Å². The van der Waals surface area contributed by atoms with Gasteiger partial charge in [-0.15, -0.1) is 0 Å². The lowest BCUT2D eigenvalue weighted by atomic mass is 9.80. The average molecular weight is 706 g/mol. The van der Waals surface area contributed by atoms with Gasteiger partial charge in [0.05, 0.1) is 6.61 Å². The Kier molecular flexibility index (Phi) is 11.0. The number of benzene rings is 5. The second kappa shape index (κ2) is 15.9. The van der Waals surface area contributed by atoms with Gasteiger partial charge in [0.1, 0.15) is 12.2 Å². The fourth-order valence-corrected chi connectivity index (χ4v) is 6.28. The zero-order valence-corrected chi connectivity index (χ0v) is 28.7. The highest BCUT2D eigenvalue weighted by molar-refractivity contribution is 6.35. The van der Waals surface area contributed by atoms with E-state index >= 15 is 0 Å². The Balaban J connectivity index is 1.45. The third kappa shape index (κ3) is 7.45. The first-order chi connectivity index (χ1) is 24.4. The first-order valence-corrected chi connectivity index (χ1v) is 16.8. The lowest BCUT2D eigenvalue weighted by molar-refractivity contribution is -0.0475.